The number of nitrogens with one attached hydrogen (secondary N) is 2. The molecule has 0 bridgehead atoms. The first-order chi connectivity index (χ1) is 11.3. The molecule has 1 aliphatic heterocycles. The second kappa shape index (κ2) is 7.77. The summed E-state index contributed by atoms with van der Waals surface area (Å²) in [6.07, 6.45) is 0. The average molecular weight is 372 g/mol. The lowest BCUT2D eigenvalue weighted by atomic mass is 10.2. The van der Waals surface area contributed by atoms with Crippen LogP contribution in [0.5, 0.6) is 0 Å². The fourth-order valence-electron chi connectivity index (χ4n) is 2.68. The van der Waals surface area contributed by atoms with E-state index in [0.717, 1.165) is 44.0 Å². The van der Waals surface area contributed by atoms with E-state index in [0.29, 0.717) is 5.11 Å². The molecule has 24 heavy (non-hydrogen) atoms. The second-order valence-corrected chi connectivity index (χ2v) is 8.82. The van der Waals surface area contributed by atoms with Crippen LogP contribution in [0, 0.1) is 6.92 Å². The van der Waals surface area contributed by atoms with Gasteiger partial charge in [-0.05, 0) is 43.8 Å². The molecule has 1 aromatic rings. The van der Waals surface area contributed by atoms with Gasteiger partial charge < -0.3 is 15.1 Å². The largest absolute Gasteiger partial charge is 0.338 e. The molecule has 0 unspecified atom stereocenters. The molecule has 134 valence electrons. The number of likely N-dealkylation sites (N-methyl/N-ethyl adjacent to an activating group) is 1. The maximum Gasteiger partial charge on any atom is 0.242 e. The predicted octanol–water partition coefficient (Wildman–Crippen LogP) is 0.163. The van der Waals surface area contributed by atoms with E-state index in [9.17, 15) is 8.42 Å². The molecule has 1 fully saturated rings. The summed E-state index contributed by atoms with van der Waals surface area (Å²) in [5, 5.41) is 3.89. The monoisotopic (exact) mass is 371 g/mol. The van der Waals surface area contributed by atoms with Gasteiger partial charge in [0.2, 0.25) is 10.0 Å². The minimum atomic E-state index is -3.45. The van der Waals surface area contributed by atoms with Crippen LogP contribution in [-0.4, -0.2) is 69.6 Å². The van der Waals surface area contributed by atoms with Crippen LogP contribution >= 0.6 is 12.2 Å². The molecule has 0 saturated carbocycles. The van der Waals surface area contributed by atoms with Gasteiger partial charge in [-0.3, -0.25) is 0 Å². The number of sulfonamides is 1. The van der Waals surface area contributed by atoms with Crippen molar-refractivity contribution in [2.45, 2.75) is 18.7 Å². The second-order valence-electron chi connectivity index (χ2n) is 6.28. The van der Waals surface area contributed by atoms with E-state index in [4.69, 9.17) is 12.2 Å². The number of benzene rings is 1. The number of quaternary nitrogens is 1. The minimum absolute atomic E-state index is 0.267. The number of anilines is 1. The molecule has 0 atom stereocenters. The molecular formula is C16H27N4O2S2+. The van der Waals surface area contributed by atoms with Crippen LogP contribution in [0.25, 0.3) is 0 Å². The first-order valence-electron chi connectivity index (χ1n) is 8.18. The van der Waals surface area contributed by atoms with Gasteiger partial charge in [0, 0.05) is 19.8 Å². The topological polar surface area (TPSA) is 57.1 Å². The molecule has 6 nitrogen and oxygen atoms in total. The number of thiocarbonyl (C=S) groups is 1. The van der Waals surface area contributed by atoms with Gasteiger partial charge in [0.05, 0.1) is 37.6 Å². The smallest absolute Gasteiger partial charge is 0.242 e. The number of hydrogen-bond acceptors (Lipinski definition) is 3. The van der Waals surface area contributed by atoms with Gasteiger partial charge in [0.1, 0.15) is 0 Å². The molecule has 0 spiro atoms. The van der Waals surface area contributed by atoms with E-state index in [1.807, 2.05) is 6.92 Å². The van der Waals surface area contributed by atoms with E-state index < -0.39 is 10.0 Å². The molecule has 0 aromatic heterocycles. The van der Waals surface area contributed by atoms with Crippen molar-refractivity contribution < 1.29 is 13.3 Å². The third-order valence-electron chi connectivity index (χ3n) is 4.49. The summed E-state index contributed by atoms with van der Waals surface area (Å²) in [7, 11) is -0.394. The average Bonchev–Trinajstić information content (AvgIpc) is 2.56. The maximum absolute atomic E-state index is 12.3. The fourth-order valence-corrected chi connectivity index (χ4v) is 3.90. The molecule has 1 heterocycles. The van der Waals surface area contributed by atoms with Gasteiger partial charge >= 0.3 is 0 Å². The van der Waals surface area contributed by atoms with E-state index in [-0.39, 0.29) is 4.90 Å². The number of hydrogen-bond donors (Lipinski definition) is 2. The molecule has 0 aliphatic carbocycles. The van der Waals surface area contributed by atoms with E-state index in [1.165, 1.54) is 18.4 Å². The minimum Gasteiger partial charge on any atom is -0.338 e. The zero-order chi connectivity index (χ0) is 17.9. The Bertz CT molecular complexity index is 696. The maximum atomic E-state index is 12.3. The molecule has 8 heteroatoms. The van der Waals surface area contributed by atoms with E-state index in [2.05, 4.69) is 17.1 Å². The quantitative estimate of drug-likeness (QED) is 0.739. The number of nitrogens with zero attached hydrogens (tertiary/aromatic N) is 2. The summed E-state index contributed by atoms with van der Waals surface area (Å²) in [6, 6.07) is 5.09. The Hall–Kier alpha value is -1.22. The van der Waals surface area contributed by atoms with Crippen LogP contribution in [0.1, 0.15) is 12.5 Å². The van der Waals surface area contributed by atoms with Crippen molar-refractivity contribution >= 4 is 33.0 Å². The summed E-state index contributed by atoms with van der Waals surface area (Å²) in [6.45, 7) is 9.27. The fraction of sp³-hybridized carbons (Fsp3) is 0.562. The number of aryl methyl sites for hydroxylation is 1. The SMILES string of the molecule is CC[NH+]1CCN(C(=S)Nc2cc(S(=O)(=O)N(C)C)ccc2C)CC1. The van der Waals surface area contributed by atoms with Crippen LogP contribution in [0.2, 0.25) is 0 Å². The Balaban J connectivity index is 2.14. The lowest BCUT2D eigenvalue weighted by Gasteiger charge is -2.33. The first kappa shape index (κ1) is 19.1. The summed E-state index contributed by atoms with van der Waals surface area (Å²) in [4.78, 5) is 4.01. The van der Waals surface area contributed by atoms with Gasteiger partial charge in [-0.2, -0.15) is 0 Å². The van der Waals surface area contributed by atoms with Crippen molar-refractivity contribution in [1.82, 2.24) is 9.21 Å². The highest BCUT2D eigenvalue weighted by atomic mass is 32.2. The molecule has 1 saturated heterocycles. The lowest BCUT2D eigenvalue weighted by Crippen LogP contribution is -3.14. The third kappa shape index (κ3) is 4.24. The van der Waals surface area contributed by atoms with Crippen LogP contribution in [0.15, 0.2) is 23.1 Å². The third-order valence-corrected chi connectivity index (χ3v) is 6.66. The highest BCUT2D eigenvalue weighted by molar-refractivity contribution is 7.89. The van der Waals surface area contributed by atoms with E-state index >= 15 is 0 Å². The van der Waals surface area contributed by atoms with Gasteiger partial charge in [0.25, 0.3) is 0 Å². The Morgan fingerprint density at radius 2 is 1.96 bits per heavy atom. The highest BCUT2D eigenvalue weighted by Crippen LogP contribution is 2.22. The normalized spacial score (nSPS) is 16.5. The van der Waals surface area contributed by atoms with Crippen molar-refractivity contribution in [3.63, 3.8) is 0 Å². The Morgan fingerprint density at radius 1 is 1.33 bits per heavy atom. The number of rotatable bonds is 4. The van der Waals surface area contributed by atoms with Gasteiger partial charge in [-0.1, -0.05) is 6.07 Å². The Kier molecular flexibility index (Phi) is 6.19. The lowest BCUT2D eigenvalue weighted by molar-refractivity contribution is -0.902. The van der Waals surface area contributed by atoms with Crippen molar-refractivity contribution in [2.75, 3.05) is 52.1 Å². The summed E-state index contributed by atoms with van der Waals surface area (Å²) >= 11 is 5.52. The van der Waals surface area contributed by atoms with Gasteiger partial charge in [-0.25, -0.2) is 12.7 Å². The molecule has 1 aliphatic rings. The summed E-state index contributed by atoms with van der Waals surface area (Å²) in [5.74, 6) is 0. The molecule has 0 amide bonds. The van der Waals surface area contributed by atoms with Gasteiger partial charge in [0.15, 0.2) is 5.11 Å². The van der Waals surface area contributed by atoms with Crippen molar-refractivity contribution in [3.05, 3.63) is 23.8 Å². The number of piperazine rings is 1. The molecule has 2 rings (SSSR count). The molecule has 2 N–H and O–H groups in total. The van der Waals surface area contributed by atoms with Crippen LogP contribution in [-0.2, 0) is 10.0 Å². The Morgan fingerprint density at radius 3 is 2.50 bits per heavy atom. The van der Waals surface area contributed by atoms with Crippen molar-refractivity contribution in [2.24, 2.45) is 0 Å². The van der Waals surface area contributed by atoms with Gasteiger partial charge in [-0.15, -0.1) is 0 Å². The van der Waals surface area contributed by atoms with Crippen LogP contribution < -0.4 is 10.2 Å². The van der Waals surface area contributed by atoms with Crippen LogP contribution in [0.4, 0.5) is 5.69 Å². The van der Waals surface area contributed by atoms with Crippen molar-refractivity contribution in [3.8, 4) is 0 Å². The predicted molar refractivity (Wildman–Crippen MR) is 101 cm³/mol. The summed E-state index contributed by atoms with van der Waals surface area (Å²) < 4.78 is 25.8. The first-order valence-corrected chi connectivity index (χ1v) is 10.0. The Labute approximate surface area is 150 Å². The van der Waals surface area contributed by atoms with E-state index in [1.54, 1.807) is 23.1 Å². The molecule has 1 aromatic carbocycles. The zero-order valence-electron chi connectivity index (χ0n) is 14.8. The highest BCUT2D eigenvalue weighted by Gasteiger charge is 2.22. The molecular weight excluding hydrogens is 344 g/mol. The summed E-state index contributed by atoms with van der Waals surface area (Å²) in [5.41, 5.74) is 1.71. The van der Waals surface area contributed by atoms with Crippen molar-refractivity contribution in [1.29, 1.82) is 0 Å². The standard InChI is InChI=1S/C16H26N4O2S2/c1-5-19-8-10-20(11-9-19)16(23)17-15-12-14(7-6-13(15)2)24(21,22)18(3)4/h6-7,12H,5,8-11H2,1-4H3,(H,17,23)/p+1. The van der Waals surface area contributed by atoms with Crippen LogP contribution in [0.3, 0.4) is 0 Å². The zero-order valence-corrected chi connectivity index (χ0v) is 16.4. The molecule has 0 radical (unpaired) electrons.